The van der Waals surface area contributed by atoms with Gasteiger partial charge in [0.25, 0.3) is 0 Å². The van der Waals surface area contributed by atoms with E-state index in [0.29, 0.717) is 0 Å². The fraction of sp³-hybridized carbons (Fsp3) is 0.750. The zero-order valence-electron chi connectivity index (χ0n) is 9.04. The number of nitrogens with one attached hydrogen (secondary N) is 2. The molecule has 1 atom stereocenters. The van der Waals surface area contributed by atoms with Gasteiger partial charge in [-0.2, -0.15) is 0 Å². The average Bonchev–Trinajstić information content (AvgIpc) is 1.98. The number of nitrogens with zero attached hydrogens (tertiary/aromatic N) is 2. The van der Waals surface area contributed by atoms with Crippen molar-refractivity contribution in [3.63, 3.8) is 0 Å². The highest BCUT2D eigenvalue weighted by molar-refractivity contribution is 5.95. The van der Waals surface area contributed by atoms with Crippen molar-refractivity contribution in [3.05, 3.63) is 0 Å². The fourth-order valence-electron chi connectivity index (χ4n) is 0.917. The minimum atomic E-state index is -0.189. The maximum absolute atomic E-state index is 6.94. The van der Waals surface area contributed by atoms with Gasteiger partial charge in [0.2, 0.25) is 0 Å². The van der Waals surface area contributed by atoms with Gasteiger partial charge in [0, 0.05) is 0 Å². The van der Waals surface area contributed by atoms with Crippen LogP contribution >= 0.6 is 0 Å². The highest BCUT2D eigenvalue weighted by Gasteiger charge is 2.01. The number of nitrogens with two attached hydrogens (primary N) is 2. The lowest BCUT2D eigenvalue weighted by molar-refractivity contribution is 0.386. The highest BCUT2D eigenvalue weighted by Crippen LogP contribution is 1.96. The molecule has 0 spiro atoms. The first-order valence-corrected chi connectivity index (χ1v) is 4.51. The minimum absolute atomic E-state index is 0.129. The predicted octanol–water partition coefficient (Wildman–Crippen LogP) is -0.876. The molecule has 0 aromatic rings. The Kier molecular flexibility index (Phi) is 5.62. The van der Waals surface area contributed by atoms with Crippen molar-refractivity contribution in [3.8, 4) is 0 Å². The van der Waals surface area contributed by atoms with Gasteiger partial charge in [0.05, 0.1) is 6.04 Å². The number of guanidine groups is 2. The zero-order chi connectivity index (χ0) is 11.1. The minimum Gasteiger partial charge on any atom is -0.370 e. The largest absolute Gasteiger partial charge is 0.370 e. The third kappa shape index (κ3) is 7.35. The molecule has 82 valence electrons. The molecular weight excluding hydrogens is 180 g/mol. The summed E-state index contributed by atoms with van der Waals surface area (Å²) < 4.78 is 0. The summed E-state index contributed by atoms with van der Waals surface area (Å²) in [5.41, 5.74) is 10.6. The third-order valence-electron chi connectivity index (χ3n) is 1.62. The molecule has 0 saturated heterocycles. The molecule has 0 amide bonds. The normalized spacial score (nSPS) is 14.1. The lowest BCUT2D eigenvalue weighted by Gasteiger charge is -2.12. The smallest absolute Gasteiger partial charge is 0.195 e. The van der Waals surface area contributed by atoms with E-state index in [2.05, 4.69) is 15.2 Å². The molecule has 0 aliphatic rings. The maximum atomic E-state index is 6.94. The summed E-state index contributed by atoms with van der Waals surface area (Å²) in [6.45, 7) is 2.93. The molecule has 0 aromatic heterocycles. The lowest BCUT2D eigenvalue weighted by Crippen LogP contribution is -2.41. The second-order valence-corrected chi connectivity index (χ2v) is 3.49. The monoisotopic (exact) mass is 200 g/mol. The second kappa shape index (κ2) is 6.20. The molecule has 6 N–H and O–H groups in total. The molecule has 1 unspecified atom stereocenters. The van der Waals surface area contributed by atoms with Crippen molar-refractivity contribution in [2.75, 3.05) is 20.6 Å². The molecule has 0 heterocycles. The second-order valence-electron chi connectivity index (χ2n) is 3.49. The average molecular weight is 200 g/mol. The van der Waals surface area contributed by atoms with E-state index in [0.717, 1.165) is 13.0 Å². The molecule has 0 bridgehead atoms. The van der Waals surface area contributed by atoms with Crippen LogP contribution in [0.15, 0.2) is 4.99 Å². The first kappa shape index (κ1) is 12.7. The van der Waals surface area contributed by atoms with Crippen LogP contribution in [0.5, 0.6) is 0 Å². The zero-order valence-corrected chi connectivity index (χ0v) is 9.04. The number of aliphatic imine (C=N–C) groups is 1. The first-order valence-electron chi connectivity index (χ1n) is 4.51. The molecule has 0 saturated carbocycles. The van der Waals surface area contributed by atoms with Gasteiger partial charge in [-0.3, -0.25) is 15.7 Å². The molecule has 6 heteroatoms. The van der Waals surface area contributed by atoms with E-state index in [4.69, 9.17) is 16.9 Å². The molecule has 0 aromatic carbocycles. The first-order chi connectivity index (χ1) is 6.41. The topological polar surface area (TPSA) is 104 Å². The number of hydrogen-bond acceptors (Lipinski definition) is 3. The summed E-state index contributed by atoms with van der Waals surface area (Å²) >= 11 is 0. The highest BCUT2D eigenvalue weighted by atomic mass is 15.2. The van der Waals surface area contributed by atoms with Gasteiger partial charge < -0.3 is 16.4 Å². The fourth-order valence-corrected chi connectivity index (χ4v) is 0.917. The number of hydrogen-bond donors (Lipinski definition) is 4. The maximum Gasteiger partial charge on any atom is 0.195 e. The van der Waals surface area contributed by atoms with Gasteiger partial charge in [-0.05, 0) is 34.0 Å². The van der Waals surface area contributed by atoms with Crippen molar-refractivity contribution in [2.45, 2.75) is 19.4 Å². The summed E-state index contributed by atoms with van der Waals surface area (Å²) in [6.07, 6.45) is 0.924. The van der Waals surface area contributed by atoms with Crippen molar-refractivity contribution >= 4 is 11.9 Å². The Bertz CT molecular complexity index is 210. The Morgan fingerprint density at radius 2 is 2.07 bits per heavy atom. The van der Waals surface area contributed by atoms with E-state index in [9.17, 15) is 0 Å². The van der Waals surface area contributed by atoms with Gasteiger partial charge >= 0.3 is 0 Å². The van der Waals surface area contributed by atoms with E-state index in [1.165, 1.54) is 0 Å². The standard InChI is InChI=1S/C8H20N6/c1-6(4-5-14(2)3)12-8(11)13-7(9)10/h6H,4-5H2,1-3H3,(H6,9,10,11,12,13). The Morgan fingerprint density at radius 1 is 1.50 bits per heavy atom. The van der Waals surface area contributed by atoms with Crippen LogP contribution < -0.4 is 16.8 Å². The Morgan fingerprint density at radius 3 is 2.50 bits per heavy atom. The molecule has 0 fully saturated rings. The molecule has 14 heavy (non-hydrogen) atoms. The van der Waals surface area contributed by atoms with E-state index >= 15 is 0 Å². The summed E-state index contributed by atoms with van der Waals surface area (Å²) in [6, 6.07) is 0.129. The van der Waals surface area contributed by atoms with Crippen LogP contribution in [0.3, 0.4) is 0 Å². The van der Waals surface area contributed by atoms with Gasteiger partial charge in [0.1, 0.15) is 0 Å². The van der Waals surface area contributed by atoms with Crippen LogP contribution in [-0.4, -0.2) is 43.5 Å². The van der Waals surface area contributed by atoms with Crippen LogP contribution in [0, 0.1) is 5.41 Å². The molecule has 0 aliphatic heterocycles. The van der Waals surface area contributed by atoms with Gasteiger partial charge in [-0.1, -0.05) is 0 Å². The van der Waals surface area contributed by atoms with Crippen molar-refractivity contribution in [2.24, 2.45) is 16.5 Å². The molecule has 0 radical (unpaired) electrons. The van der Waals surface area contributed by atoms with Crippen LogP contribution in [0.2, 0.25) is 0 Å². The van der Waals surface area contributed by atoms with Crippen LogP contribution in [0.25, 0.3) is 0 Å². The molecule has 0 rings (SSSR count). The Hall–Kier alpha value is -1.30. The van der Waals surface area contributed by atoms with E-state index in [-0.39, 0.29) is 18.0 Å². The van der Waals surface area contributed by atoms with Gasteiger partial charge in [0.15, 0.2) is 11.9 Å². The third-order valence-corrected chi connectivity index (χ3v) is 1.62. The van der Waals surface area contributed by atoms with Gasteiger partial charge in [-0.25, -0.2) is 0 Å². The van der Waals surface area contributed by atoms with Crippen molar-refractivity contribution in [1.29, 1.82) is 5.41 Å². The van der Waals surface area contributed by atoms with Crippen molar-refractivity contribution < 1.29 is 0 Å². The quantitative estimate of drug-likeness (QED) is 0.349. The predicted molar refractivity (Wildman–Crippen MR) is 59.3 cm³/mol. The SMILES string of the molecule is CC(CCN(C)C)N=C(N)NC(=N)N. The van der Waals surface area contributed by atoms with E-state index < -0.39 is 0 Å². The molecule has 0 aliphatic carbocycles. The summed E-state index contributed by atoms with van der Waals surface area (Å²) in [7, 11) is 4.02. The Labute approximate surface area is 84.9 Å². The number of rotatable bonds is 4. The lowest BCUT2D eigenvalue weighted by atomic mass is 10.2. The Balaban J connectivity index is 3.89. The summed E-state index contributed by atoms with van der Waals surface area (Å²) in [5, 5.41) is 9.37. The van der Waals surface area contributed by atoms with Crippen LogP contribution in [0.4, 0.5) is 0 Å². The molecular formula is C8H20N6. The summed E-state index contributed by atoms with van der Waals surface area (Å²) in [5.74, 6) is 0.00909. The van der Waals surface area contributed by atoms with Crippen molar-refractivity contribution in [1.82, 2.24) is 10.2 Å². The summed E-state index contributed by atoms with van der Waals surface area (Å²) in [4.78, 5) is 6.21. The van der Waals surface area contributed by atoms with E-state index in [1.807, 2.05) is 21.0 Å². The van der Waals surface area contributed by atoms with Crippen LogP contribution in [-0.2, 0) is 0 Å². The van der Waals surface area contributed by atoms with Crippen LogP contribution in [0.1, 0.15) is 13.3 Å². The van der Waals surface area contributed by atoms with E-state index in [1.54, 1.807) is 0 Å². The molecule has 6 nitrogen and oxygen atoms in total. The van der Waals surface area contributed by atoms with Gasteiger partial charge in [-0.15, -0.1) is 0 Å².